The van der Waals surface area contributed by atoms with Crippen molar-refractivity contribution in [1.29, 1.82) is 0 Å². The second kappa shape index (κ2) is 6.48. The molecule has 1 N–H and O–H groups in total. The molecule has 1 atom stereocenters. The molecule has 2 aliphatic rings. The molecule has 23 heavy (non-hydrogen) atoms. The van der Waals surface area contributed by atoms with Crippen LogP contribution in [0.15, 0.2) is 27.6 Å². The molecule has 6 heteroatoms. The van der Waals surface area contributed by atoms with Crippen molar-refractivity contribution in [1.82, 2.24) is 4.90 Å². The molecule has 1 heterocycles. The lowest BCUT2D eigenvalue weighted by atomic mass is 9.91. The molecule has 2 fully saturated rings. The van der Waals surface area contributed by atoms with Crippen LogP contribution in [0.3, 0.4) is 0 Å². The van der Waals surface area contributed by atoms with Crippen molar-refractivity contribution in [2.45, 2.75) is 31.1 Å². The first-order chi connectivity index (χ1) is 10.9. The number of amides is 1. The third-order valence-electron chi connectivity index (χ3n) is 5.09. The highest BCUT2D eigenvalue weighted by atomic mass is 79.9. The summed E-state index contributed by atoms with van der Waals surface area (Å²) in [5.74, 6) is -0.261. The summed E-state index contributed by atoms with van der Waals surface area (Å²) in [6.45, 7) is 3.44. The van der Waals surface area contributed by atoms with Gasteiger partial charge in [0.25, 0.3) is 0 Å². The van der Waals surface area contributed by atoms with Gasteiger partial charge in [-0.25, -0.2) is 0 Å². The fourth-order valence-corrected chi connectivity index (χ4v) is 4.84. The number of aliphatic carboxylic acids is 1. The van der Waals surface area contributed by atoms with Gasteiger partial charge in [-0.3, -0.25) is 9.59 Å². The van der Waals surface area contributed by atoms with Crippen LogP contribution in [0.5, 0.6) is 0 Å². The Morgan fingerprint density at radius 3 is 2.65 bits per heavy atom. The largest absolute Gasteiger partial charge is 0.481 e. The first kappa shape index (κ1) is 16.8. The highest BCUT2D eigenvalue weighted by molar-refractivity contribution is 9.10. The summed E-state index contributed by atoms with van der Waals surface area (Å²) in [5.41, 5.74) is 1.15. The molecule has 4 nitrogen and oxygen atoms in total. The minimum atomic E-state index is -0.675. The normalized spacial score (nSPS) is 22.2. The second-order valence-corrected chi connectivity index (χ2v) is 8.47. The van der Waals surface area contributed by atoms with Crippen molar-refractivity contribution in [3.8, 4) is 0 Å². The zero-order valence-corrected chi connectivity index (χ0v) is 15.5. The molecule has 1 saturated carbocycles. The third kappa shape index (κ3) is 3.58. The lowest BCUT2D eigenvalue weighted by Crippen LogP contribution is -2.40. The highest BCUT2D eigenvalue weighted by Crippen LogP contribution is 2.59. The van der Waals surface area contributed by atoms with Crippen molar-refractivity contribution in [3.63, 3.8) is 0 Å². The number of piperidine rings is 1. The number of nitrogens with zero attached hydrogens (tertiary/aromatic N) is 1. The SMILES string of the molecule is Cc1cc(Br)ccc1SCC(=O)N1CCC2(CC1)CC2C(=O)O. The van der Waals surface area contributed by atoms with Gasteiger partial charge in [-0.2, -0.15) is 0 Å². The monoisotopic (exact) mass is 397 g/mol. The van der Waals surface area contributed by atoms with E-state index in [0.717, 1.165) is 34.2 Å². The maximum Gasteiger partial charge on any atom is 0.307 e. The van der Waals surface area contributed by atoms with Crippen LogP contribution in [-0.4, -0.2) is 40.7 Å². The number of rotatable bonds is 4. The van der Waals surface area contributed by atoms with Crippen molar-refractivity contribution in [2.75, 3.05) is 18.8 Å². The molecule has 124 valence electrons. The van der Waals surface area contributed by atoms with Crippen LogP contribution < -0.4 is 0 Å². The molecule has 1 aliphatic heterocycles. The second-order valence-electron chi connectivity index (χ2n) is 6.54. The number of halogens is 1. The summed E-state index contributed by atoms with van der Waals surface area (Å²) in [7, 11) is 0. The maximum atomic E-state index is 12.4. The lowest BCUT2D eigenvalue weighted by Gasteiger charge is -2.32. The predicted molar refractivity (Wildman–Crippen MR) is 93.6 cm³/mol. The first-order valence-corrected chi connectivity index (χ1v) is 9.59. The number of carbonyl (C=O) groups excluding carboxylic acids is 1. The molecule has 0 radical (unpaired) electrons. The molecule has 1 amide bonds. The Balaban J connectivity index is 1.49. The van der Waals surface area contributed by atoms with Crippen LogP contribution in [0.25, 0.3) is 0 Å². The van der Waals surface area contributed by atoms with Gasteiger partial charge in [0.1, 0.15) is 0 Å². The van der Waals surface area contributed by atoms with Crippen LogP contribution in [0.2, 0.25) is 0 Å². The molecule has 3 rings (SSSR count). The van der Waals surface area contributed by atoms with Gasteiger partial charge in [0.2, 0.25) is 5.91 Å². The number of aryl methyl sites for hydroxylation is 1. The molecule has 0 aromatic heterocycles. The smallest absolute Gasteiger partial charge is 0.307 e. The summed E-state index contributed by atoms with van der Waals surface area (Å²) in [6, 6.07) is 6.07. The Morgan fingerprint density at radius 1 is 1.39 bits per heavy atom. The number of thioether (sulfide) groups is 1. The maximum absolute atomic E-state index is 12.4. The third-order valence-corrected chi connectivity index (χ3v) is 6.74. The van der Waals surface area contributed by atoms with Gasteiger partial charge in [0, 0.05) is 22.5 Å². The van der Waals surface area contributed by atoms with Crippen LogP contribution in [-0.2, 0) is 9.59 Å². The minimum Gasteiger partial charge on any atom is -0.481 e. The van der Waals surface area contributed by atoms with Gasteiger partial charge < -0.3 is 10.0 Å². The molecule has 1 spiro atoms. The van der Waals surface area contributed by atoms with E-state index in [1.807, 2.05) is 24.0 Å². The van der Waals surface area contributed by atoms with Crippen molar-refractivity contribution >= 4 is 39.6 Å². The number of carboxylic acids is 1. The average Bonchev–Trinajstić information content (AvgIpc) is 3.21. The van der Waals surface area contributed by atoms with Gasteiger partial charge in [-0.1, -0.05) is 15.9 Å². The van der Waals surface area contributed by atoms with E-state index in [1.165, 1.54) is 0 Å². The topological polar surface area (TPSA) is 57.6 Å². The van der Waals surface area contributed by atoms with E-state index in [-0.39, 0.29) is 17.2 Å². The Kier molecular flexibility index (Phi) is 4.74. The van der Waals surface area contributed by atoms with E-state index in [0.29, 0.717) is 18.8 Å². The van der Waals surface area contributed by atoms with E-state index in [9.17, 15) is 9.59 Å². The van der Waals surface area contributed by atoms with Crippen LogP contribution >= 0.6 is 27.7 Å². The van der Waals surface area contributed by atoms with E-state index in [4.69, 9.17) is 5.11 Å². The molecular weight excluding hydrogens is 378 g/mol. The number of benzene rings is 1. The molecule has 1 aliphatic carbocycles. The summed E-state index contributed by atoms with van der Waals surface area (Å²) in [4.78, 5) is 26.5. The fraction of sp³-hybridized carbons (Fsp3) is 0.529. The number of carboxylic acid groups (broad SMARTS) is 1. The molecule has 1 saturated heterocycles. The van der Waals surface area contributed by atoms with Crippen LogP contribution in [0.1, 0.15) is 24.8 Å². The van der Waals surface area contributed by atoms with E-state index in [1.54, 1.807) is 11.8 Å². The standard InChI is InChI=1S/C17H20BrNO3S/c1-11-8-12(18)2-3-14(11)23-10-15(20)19-6-4-17(5-7-19)9-13(17)16(21)22/h2-3,8,13H,4-7,9-10H2,1H3,(H,21,22). The fourth-order valence-electron chi connectivity index (χ4n) is 3.46. The Labute approximate surface area is 148 Å². The number of carbonyl (C=O) groups is 2. The molecule has 1 unspecified atom stereocenters. The molecular formula is C17H20BrNO3S. The van der Waals surface area contributed by atoms with Crippen molar-refractivity contribution in [2.24, 2.45) is 11.3 Å². The Morgan fingerprint density at radius 2 is 2.09 bits per heavy atom. The highest BCUT2D eigenvalue weighted by Gasteiger charge is 2.59. The quantitative estimate of drug-likeness (QED) is 0.788. The Hall–Kier alpha value is -1.01. The molecule has 0 bridgehead atoms. The van der Waals surface area contributed by atoms with Crippen LogP contribution in [0, 0.1) is 18.3 Å². The summed E-state index contributed by atoms with van der Waals surface area (Å²) < 4.78 is 1.05. The van der Waals surface area contributed by atoms with Crippen LogP contribution in [0.4, 0.5) is 0 Å². The summed E-state index contributed by atoms with van der Waals surface area (Å²) in [5, 5.41) is 9.11. The predicted octanol–water partition coefficient (Wildman–Crippen LogP) is 3.56. The van der Waals surface area contributed by atoms with Crippen molar-refractivity contribution in [3.05, 3.63) is 28.2 Å². The minimum absolute atomic E-state index is 0.0158. The summed E-state index contributed by atoms with van der Waals surface area (Å²) >= 11 is 5.02. The van der Waals surface area contributed by atoms with E-state index >= 15 is 0 Å². The van der Waals surface area contributed by atoms with Gasteiger partial charge in [-0.05, 0) is 55.4 Å². The number of hydrogen-bond donors (Lipinski definition) is 1. The van der Waals surface area contributed by atoms with E-state index < -0.39 is 5.97 Å². The van der Waals surface area contributed by atoms with Gasteiger partial charge in [0.05, 0.1) is 11.7 Å². The van der Waals surface area contributed by atoms with Gasteiger partial charge >= 0.3 is 5.97 Å². The lowest BCUT2D eigenvalue weighted by molar-refractivity contribution is -0.139. The molecule has 1 aromatic carbocycles. The zero-order chi connectivity index (χ0) is 16.6. The van der Waals surface area contributed by atoms with Crippen molar-refractivity contribution < 1.29 is 14.7 Å². The summed E-state index contributed by atoms with van der Waals surface area (Å²) in [6.07, 6.45) is 2.45. The Bertz CT molecular complexity index is 641. The first-order valence-electron chi connectivity index (χ1n) is 7.81. The molecule has 1 aromatic rings. The number of likely N-dealkylation sites (tertiary alicyclic amines) is 1. The average molecular weight is 398 g/mol. The zero-order valence-electron chi connectivity index (χ0n) is 13.0. The van der Waals surface area contributed by atoms with Gasteiger partial charge in [0.15, 0.2) is 0 Å². The number of hydrogen-bond acceptors (Lipinski definition) is 3. The van der Waals surface area contributed by atoms with Gasteiger partial charge in [-0.15, -0.1) is 11.8 Å². The van der Waals surface area contributed by atoms with E-state index in [2.05, 4.69) is 22.0 Å².